The minimum atomic E-state index is -0.707. The van der Waals surface area contributed by atoms with Gasteiger partial charge in [0.25, 0.3) is 5.69 Å². The fourth-order valence-corrected chi connectivity index (χ4v) is 4.30. The van der Waals surface area contributed by atoms with Gasteiger partial charge in [0, 0.05) is 12.1 Å². The second-order valence-corrected chi connectivity index (χ2v) is 6.41. The van der Waals surface area contributed by atoms with Crippen molar-refractivity contribution in [2.75, 3.05) is 4.90 Å². The lowest BCUT2D eigenvalue weighted by molar-refractivity contribution is -0.384. The zero-order valence-corrected chi connectivity index (χ0v) is 11.9. The summed E-state index contributed by atoms with van der Waals surface area (Å²) in [6.45, 7) is 1.85. The van der Waals surface area contributed by atoms with Crippen molar-refractivity contribution < 1.29 is 14.5 Å². The molecule has 0 aromatic heterocycles. The van der Waals surface area contributed by atoms with Crippen LogP contribution in [-0.2, 0) is 9.59 Å². The number of carbonyl (C=O) groups excluding carboxylic acids is 2. The number of benzene rings is 1. The number of nitro benzene ring substituents is 1. The van der Waals surface area contributed by atoms with E-state index in [9.17, 15) is 19.7 Å². The summed E-state index contributed by atoms with van der Waals surface area (Å²) in [6.07, 6.45) is 4.91. The number of fused-ring (bicyclic) bond motifs is 5. The molecule has 112 valence electrons. The summed E-state index contributed by atoms with van der Waals surface area (Å²) in [5, 5.41) is 10.9. The number of nitro groups is 1. The molecule has 2 bridgehead atoms. The number of allylic oxidation sites excluding steroid dienone is 2. The lowest BCUT2D eigenvalue weighted by atomic mass is 9.71. The molecule has 0 unspecified atom stereocenters. The molecular formula is C16H14N2O4. The SMILES string of the molecule is C[C@@]12C(=O)N(c3cccc([N+](=O)[O-])c3)C(=O)[C@@H]1[C@H]1C=C[C@H]2C1. The lowest BCUT2D eigenvalue weighted by Gasteiger charge is -2.28. The number of nitrogens with zero attached hydrogens (tertiary/aromatic N) is 2. The van der Waals surface area contributed by atoms with E-state index in [1.165, 1.54) is 18.2 Å². The first kappa shape index (κ1) is 13.2. The van der Waals surface area contributed by atoms with Gasteiger partial charge in [-0.3, -0.25) is 19.7 Å². The summed E-state index contributed by atoms with van der Waals surface area (Å²) < 4.78 is 0. The molecule has 1 aromatic carbocycles. The number of hydrogen-bond acceptors (Lipinski definition) is 4. The molecule has 1 aliphatic heterocycles. The van der Waals surface area contributed by atoms with Gasteiger partial charge in [-0.1, -0.05) is 18.2 Å². The van der Waals surface area contributed by atoms with Crippen LogP contribution in [-0.4, -0.2) is 16.7 Å². The van der Waals surface area contributed by atoms with Crippen LogP contribution in [0.15, 0.2) is 36.4 Å². The zero-order valence-electron chi connectivity index (χ0n) is 11.9. The number of amides is 2. The molecule has 1 saturated heterocycles. The van der Waals surface area contributed by atoms with Crippen LogP contribution in [0.5, 0.6) is 0 Å². The zero-order chi connectivity index (χ0) is 15.6. The third kappa shape index (κ3) is 1.39. The lowest BCUT2D eigenvalue weighted by Crippen LogP contribution is -2.37. The minimum Gasteiger partial charge on any atom is -0.274 e. The van der Waals surface area contributed by atoms with Crippen LogP contribution in [0.1, 0.15) is 13.3 Å². The van der Waals surface area contributed by atoms with Gasteiger partial charge in [0.2, 0.25) is 11.8 Å². The number of hydrogen-bond donors (Lipinski definition) is 0. The molecule has 2 amide bonds. The average Bonchev–Trinajstić information content (AvgIpc) is 3.12. The molecule has 6 heteroatoms. The summed E-state index contributed by atoms with van der Waals surface area (Å²) in [6, 6.07) is 5.71. The average molecular weight is 298 g/mol. The Morgan fingerprint density at radius 3 is 2.77 bits per heavy atom. The van der Waals surface area contributed by atoms with Gasteiger partial charge >= 0.3 is 0 Å². The van der Waals surface area contributed by atoms with Crippen LogP contribution >= 0.6 is 0 Å². The van der Waals surface area contributed by atoms with Crippen molar-refractivity contribution in [3.05, 3.63) is 46.5 Å². The van der Waals surface area contributed by atoms with E-state index >= 15 is 0 Å². The third-order valence-electron chi connectivity index (χ3n) is 5.41. The van der Waals surface area contributed by atoms with E-state index in [1.54, 1.807) is 6.07 Å². The summed E-state index contributed by atoms with van der Waals surface area (Å²) >= 11 is 0. The van der Waals surface area contributed by atoms with E-state index in [2.05, 4.69) is 0 Å². The topological polar surface area (TPSA) is 80.5 Å². The molecule has 22 heavy (non-hydrogen) atoms. The normalized spacial score (nSPS) is 35.3. The molecule has 0 N–H and O–H groups in total. The predicted octanol–water partition coefficient (Wildman–Crippen LogP) is 2.30. The summed E-state index contributed by atoms with van der Waals surface area (Å²) in [7, 11) is 0. The molecule has 1 saturated carbocycles. The Morgan fingerprint density at radius 2 is 2.09 bits per heavy atom. The van der Waals surface area contributed by atoms with E-state index in [1.807, 2.05) is 19.1 Å². The van der Waals surface area contributed by atoms with E-state index in [-0.39, 0.29) is 35.3 Å². The highest BCUT2D eigenvalue weighted by atomic mass is 16.6. The van der Waals surface area contributed by atoms with Crippen LogP contribution < -0.4 is 4.90 Å². The molecule has 1 heterocycles. The Bertz CT molecular complexity index is 756. The predicted molar refractivity (Wildman–Crippen MR) is 77.9 cm³/mol. The van der Waals surface area contributed by atoms with Gasteiger partial charge in [-0.05, 0) is 31.2 Å². The molecule has 3 aliphatic rings. The van der Waals surface area contributed by atoms with Gasteiger partial charge in [0.1, 0.15) is 0 Å². The number of carbonyl (C=O) groups is 2. The monoisotopic (exact) mass is 298 g/mol. The Hall–Kier alpha value is -2.50. The highest BCUT2D eigenvalue weighted by molar-refractivity contribution is 6.24. The molecule has 6 nitrogen and oxygen atoms in total. The first-order chi connectivity index (χ1) is 10.4. The molecule has 1 aromatic rings. The molecule has 2 aliphatic carbocycles. The van der Waals surface area contributed by atoms with Gasteiger partial charge in [-0.15, -0.1) is 0 Å². The van der Waals surface area contributed by atoms with Crippen LogP contribution in [0.25, 0.3) is 0 Å². The molecule has 0 radical (unpaired) electrons. The Morgan fingerprint density at radius 1 is 1.32 bits per heavy atom. The molecule has 4 rings (SSSR count). The van der Waals surface area contributed by atoms with Gasteiger partial charge < -0.3 is 0 Å². The van der Waals surface area contributed by atoms with Crippen LogP contribution in [0.4, 0.5) is 11.4 Å². The fraction of sp³-hybridized carbons (Fsp3) is 0.375. The Kier molecular flexibility index (Phi) is 2.41. The van der Waals surface area contributed by atoms with Gasteiger partial charge in [-0.25, -0.2) is 4.90 Å². The van der Waals surface area contributed by atoms with Gasteiger partial charge in [0.05, 0.1) is 21.9 Å². The van der Waals surface area contributed by atoms with Gasteiger partial charge in [-0.2, -0.15) is 0 Å². The van der Waals surface area contributed by atoms with Crippen LogP contribution in [0.3, 0.4) is 0 Å². The first-order valence-corrected chi connectivity index (χ1v) is 7.26. The smallest absolute Gasteiger partial charge is 0.271 e. The number of imide groups is 1. The number of rotatable bonds is 2. The van der Waals surface area contributed by atoms with Crippen molar-refractivity contribution in [3.8, 4) is 0 Å². The second-order valence-electron chi connectivity index (χ2n) is 6.41. The maximum Gasteiger partial charge on any atom is 0.271 e. The summed E-state index contributed by atoms with van der Waals surface area (Å²) in [4.78, 5) is 37.2. The first-order valence-electron chi connectivity index (χ1n) is 7.26. The van der Waals surface area contributed by atoms with Crippen molar-refractivity contribution in [3.63, 3.8) is 0 Å². The molecule has 4 atom stereocenters. The highest BCUT2D eigenvalue weighted by Crippen LogP contribution is 2.60. The fourth-order valence-electron chi connectivity index (χ4n) is 4.30. The number of anilines is 1. The third-order valence-corrected chi connectivity index (χ3v) is 5.41. The number of non-ortho nitro benzene ring substituents is 1. The van der Waals surface area contributed by atoms with Crippen molar-refractivity contribution in [1.82, 2.24) is 0 Å². The van der Waals surface area contributed by atoms with Crippen molar-refractivity contribution >= 4 is 23.2 Å². The molecular weight excluding hydrogens is 284 g/mol. The second kappa shape index (κ2) is 4.03. The largest absolute Gasteiger partial charge is 0.274 e. The maximum absolute atomic E-state index is 12.9. The van der Waals surface area contributed by atoms with E-state index < -0.39 is 10.3 Å². The van der Waals surface area contributed by atoms with Crippen LogP contribution in [0.2, 0.25) is 0 Å². The molecule has 0 spiro atoms. The maximum atomic E-state index is 12.9. The van der Waals surface area contributed by atoms with E-state index in [0.717, 1.165) is 11.3 Å². The van der Waals surface area contributed by atoms with Crippen molar-refractivity contribution in [2.45, 2.75) is 13.3 Å². The standard InChI is InChI=1S/C16H14N2O4/c1-16-10-6-5-9(7-10)13(16)14(19)17(15(16)20)11-3-2-4-12(8-11)18(21)22/h2-6,8-10,13H,7H2,1H3/t9-,10-,13-,16-/m0/s1. The molecule has 2 fully saturated rings. The Labute approximate surface area is 126 Å². The van der Waals surface area contributed by atoms with E-state index in [0.29, 0.717) is 5.69 Å². The minimum absolute atomic E-state index is 0.0858. The summed E-state index contributed by atoms with van der Waals surface area (Å²) in [5.41, 5.74) is -0.540. The quantitative estimate of drug-likeness (QED) is 0.363. The Balaban J connectivity index is 1.79. The van der Waals surface area contributed by atoms with Crippen molar-refractivity contribution in [2.24, 2.45) is 23.2 Å². The van der Waals surface area contributed by atoms with E-state index in [4.69, 9.17) is 0 Å². The van der Waals surface area contributed by atoms with Crippen LogP contribution in [0, 0.1) is 33.3 Å². The summed E-state index contributed by atoms with van der Waals surface area (Å²) in [5.74, 6) is -0.614. The van der Waals surface area contributed by atoms with Gasteiger partial charge in [0.15, 0.2) is 0 Å². The van der Waals surface area contributed by atoms with Crippen molar-refractivity contribution in [1.29, 1.82) is 0 Å². The highest BCUT2D eigenvalue weighted by Gasteiger charge is 2.67.